The number of benzene rings is 3. The third kappa shape index (κ3) is 6.77. The van der Waals surface area contributed by atoms with E-state index in [0.29, 0.717) is 42.0 Å². The Labute approximate surface area is 250 Å². The van der Waals surface area contributed by atoms with Crippen LogP contribution < -0.4 is 10.1 Å². The molecule has 0 fully saturated rings. The molecule has 8 nitrogen and oxygen atoms in total. The Bertz CT molecular complexity index is 1580. The van der Waals surface area contributed by atoms with Gasteiger partial charge in [0.1, 0.15) is 17.6 Å². The van der Waals surface area contributed by atoms with Crippen molar-refractivity contribution in [1.82, 2.24) is 20.1 Å². The number of ether oxygens (including phenoxy) is 1. The number of hydrogen-bond donors (Lipinski definition) is 1. The highest BCUT2D eigenvalue weighted by Crippen LogP contribution is 2.34. The van der Waals surface area contributed by atoms with E-state index < -0.39 is 6.04 Å². The van der Waals surface area contributed by atoms with Crippen molar-refractivity contribution in [3.8, 4) is 11.4 Å². The summed E-state index contributed by atoms with van der Waals surface area (Å²) in [7, 11) is 0. The van der Waals surface area contributed by atoms with Gasteiger partial charge in [0.2, 0.25) is 5.91 Å². The molecule has 0 aliphatic carbocycles. The van der Waals surface area contributed by atoms with Gasteiger partial charge in [-0.3, -0.25) is 19.1 Å². The highest BCUT2D eigenvalue weighted by atomic mass is 35.5. The van der Waals surface area contributed by atoms with Crippen molar-refractivity contribution >= 4 is 29.0 Å². The minimum atomic E-state index is -0.529. The third-order valence-electron chi connectivity index (χ3n) is 7.18. The van der Waals surface area contributed by atoms with Gasteiger partial charge in [-0.25, -0.2) is 0 Å². The van der Waals surface area contributed by atoms with Crippen LogP contribution in [0.5, 0.6) is 5.75 Å². The second kappa shape index (κ2) is 13.6. The second-order valence-electron chi connectivity index (χ2n) is 10.2. The molecule has 0 radical (unpaired) electrons. The summed E-state index contributed by atoms with van der Waals surface area (Å²) in [5.41, 5.74) is 4.08. The molecule has 4 aromatic rings. The molecule has 9 heteroatoms. The SMILES string of the molecule is CCNC(=O)C[C@@H]1N=C(c2ccc(Cl)cc2)c2cc(OCCCCCC(=O)c3ccccc3)ccc2-n2c(C)nnc21. The number of rotatable bonds is 12. The standard InChI is InChI=1S/C33H34ClN5O3/c1-3-35-31(41)21-28-33-38-37-22(2)39(33)29-18-17-26(20-27(29)32(36-28)24-13-15-25(34)16-14-24)42-19-9-5-8-12-30(40)23-10-6-4-7-11-23/h4,6-7,10-11,13-18,20,28H,3,5,8-9,12,19,21H2,1-2H3,(H,35,41)/t28-/m0/s1. The second-order valence-corrected chi connectivity index (χ2v) is 10.7. The molecule has 1 atom stereocenters. The molecule has 0 spiro atoms. The number of aromatic nitrogens is 3. The van der Waals surface area contributed by atoms with Gasteiger partial charge in [-0.1, -0.05) is 54.1 Å². The molecular formula is C33H34ClN5O3. The van der Waals surface area contributed by atoms with Crippen molar-refractivity contribution in [3.05, 3.63) is 106 Å². The molecule has 42 heavy (non-hydrogen) atoms. The number of ketones is 1. The first kappa shape index (κ1) is 29.2. The molecule has 0 bridgehead atoms. The van der Waals surface area contributed by atoms with Crippen LogP contribution >= 0.6 is 11.6 Å². The number of halogens is 1. The summed E-state index contributed by atoms with van der Waals surface area (Å²) in [5, 5.41) is 12.3. The van der Waals surface area contributed by atoms with Crippen molar-refractivity contribution in [2.24, 2.45) is 4.99 Å². The van der Waals surface area contributed by atoms with Crippen molar-refractivity contribution in [2.75, 3.05) is 13.2 Å². The smallest absolute Gasteiger partial charge is 0.222 e. The summed E-state index contributed by atoms with van der Waals surface area (Å²) in [6.07, 6.45) is 3.22. The maximum atomic E-state index is 12.7. The minimum absolute atomic E-state index is 0.102. The fraction of sp³-hybridized carbons (Fsp3) is 0.303. The highest BCUT2D eigenvalue weighted by Gasteiger charge is 2.30. The van der Waals surface area contributed by atoms with Crippen molar-refractivity contribution in [2.45, 2.75) is 52.0 Å². The quantitative estimate of drug-likeness (QED) is 0.152. The minimum Gasteiger partial charge on any atom is -0.494 e. The molecule has 0 saturated carbocycles. The summed E-state index contributed by atoms with van der Waals surface area (Å²) < 4.78 is 8.14. The van der Waals surface area contributed by atoms with Gasteiger partial charge in [0.15, 0.2) is 11.6 Å². The van der Waals surface area contributed by atoms with Crippen molar-refractivity contribution in [1.29, 1.82) is 0 Å². The third-order valence-corrected chi connectivity index (χ3v) is 7.43. The Morgan fingerprint density at radius 1 is 0.976 bits per heavy atom. The summed E-state index contributed by atoms with van der Waals surface area (Å²) in [6.45, 7) is 4.85. The van der Waals surface area contributed by atoms with Gasteiger partial charge < -0.3 is 10.1 Å². The van der Waals surface area contributed by atoms with Crippen LogP contribution in [0.1, 0.15) is 78.2 Å². The lowest BCUT2D eigenvalue weighted by atomic mass is 10.00. The largest absolute Gasteiger partial charge is 0.494 e. The van der Waals surface area contributed by atoms with Crippen molar-refractivity contribution in [3.63, 3.8) is 0 Å². The predicted octanol–water partition coefficient (Wildman–Crippen LogP) is 6.47. The number of aliphatic imine (C=N–C) groups is 1. The van der Waals surface area contributed by atoms with Gasteiger partial charge in [-0.2, -0.15) is 0 Å². The molecule has 5 rings (SSSR count). The number of nitrogens with zero attached hydrogens (tertiary/aromatic N) is 4. The van der Waals surface area contributed by atoms with Gasteiger partial charge in [-0.05, 0) is 63.4 Å². The average Bonchev–Trinajstić information content (AvgIpc) is 3.32. The predicted molar refractivity (Wildman–Crippen MR) is 164 cm³/mol. The summed E-state index contributed by atoms with van der Waals surface area (Å²) >= 11 is 6.20. The van der Waals surface area contributed by atoms with E-state index in [9.17, 15) is 9.59 Å². The first-order valence-electron chi connectivity index (χ1n) is 14.3. The summed E-state index contributed by atoms with van der Waals surface area (Å²) in [5.74, 6) is 2.10. The maximum Gasteiger partial charge on any atom is 0.222 e. The molecule has 0 unspecified atom stereocenters. The molecule has 3 aromatic carbocycles. The molecule has 1 amide bonds. The zero-order chi connectivity index (χ0) is 29.5. The lowest BCUT2D eigenvalue weighted by molar-refractivity contribution is -0.121. The van der Waals surface area contributed by atoms with Gasteiger partial charge >= 0.3 is 0 Å². The topological polar surface area (TPSA) is 98.5 Å². The Kier molecular flexibility index (Phi) is 9.44. The van der Waals surface area contributed by atoms with E-state index in [-0.39, 0.29) is 18.1 Å². The Morgan fingerprint density at radius 3 is 2.52 bits per heavy atom. The maximum absolute atomic E-state index is 12.7. The van der Waals surface area contributed by atoms with E-state index in [2.05, 4.69) is 15.5 Å². The van der Waals surface area contributed by atoms with Crippen LogP contribution in [0.15, 0.2) is 77.8 Å². The van der Waals surface area contributed by atoms with Gasteiger partial charge in [0.25, 0.3) is 0 Å². The monoisotopic (exact) mass is 583 g/mol. The van der Waals surface area contributed by atoms with E-state index in [1.807, 2.05) is 91.2 Å². The van der Waals surface area contributed by atoms with Crippen LogP contribution in [0.2, 0.25) is 5.02 Å². The van der Waals surface area contributed by atoms with Gasteiger partial charge in [0, 0.05) is 34.7 Å². The van der Waals surface area contributed by atoms with Crippen LogP contribution in [0.4, 0.5) is 0 Å². The molecule has 1 aromatic heterocycles. The summed E-state index contributed by atoms with van der Waals surface area (Å²) in [4.78, 5) is 30.1. The number of Topliss-reactive ketones (excluding diaryl/α,β-unsaturated/α-hetero) is 1. The molecule has 0 saturated heterocycles. The molecule has 2 heterocycles. The number of hydrogen-bond acceptors (Lipinski definition) is 6. The summed E-state index contributed by atoms with van der Waals surface area (Å²) in [6, 6.07) is 22.3. The Balaban J connectivity index is 1.36. The van der Waals surface area contributed by atoms with Crippen LogP contribution in [0.3, 0.4) is 0 Å². The van der Waals surface area contributed by atoms with E-state index in [4.69, 9.17) is 21.3 Å². The first-order valence-corrected chi connectivity index (χ1v) is 14.7. The number of unbranched alkanes of at least 4 members (excludes halogenated alkanes) is 2. The van der Waals surface area contributed by atoms with Crippen LogP contribution in [0, 0.1) is 6.92 Å². The fourth-order valence-electron chi connectivity index (χ4n) is 5.11. The Hall–Kier alpha value is -4.30. The average molecular weight is 584 g/mol. The first-order chi connectivity index (χ1) is 20.4. The fourth-order valence-corrected chi connectivity index (χ4v) is 5.23. The zero-order valence-corrected chi connectivity index (χ0v) is 24.6. The van der Waals surface area contributed by atoms with Gasteiger partial charge in [0.05, 0.1) is 24.4 Å². The van der Waals surface area contributed by atoms with E-state index in [0.717, 1.165) is 47.4 Å². The lowest BCUT2D eigenvalue weighted by Crippen LogP contribution is -2.25. The molecular weight excluding hydrogens is 550 g/mol. The molecule has 1 aliphatic rings. The number of aryl methyl sites for hydroxylation is 1. The molecule has 216 valence electrons. The van der Waals surface area contributed by atoms with Crippen LogP contribution in [0.25, 0.3) is 5.69 Å². The normalized spacial score (nSPS) is 13.9. The van der Waals surface area contributed by atoms with Crippen LogP contribution in [-0.4, -0.2) is 45.3 Å². The molecule has 1 N–H and O–H groups in total. The van der Waals surface area contributed by atoms with E-state index >= 15 is 0 Å². The number of carbonyl (C=O) groups excluding carboxylic acids is 2. The van der Waals surface area contributed by atoms with E-state index in [1.165, 1.54) is 0 Å². The van der Waals surface area contributed by atoms with Crippen molar-refractivity contribution < 1.29 is 14.3 Å². The van der Waals surface area contributed by atoms with E-state index in [1.54, 1.807) is 0 Å². The number of carbonyl (C=O) groups is 2. The molecule has 1 aliphatic heterocycles. The number of amides is 1. The number of fused-ring (bicyclic) bond motifs is 3. The number of nitrogens with one attached hydrogen (secondary N) is 1. The van der Waals surface area contributed by atoms with Crippen LogP contribution in [-0.2, 0) is 4.79 Å². The zero-order valence-electron chi connectivity index (χ0n) is 23.8. The highest BCUT2D eigenvalue weighted by molar-refractivity contribution is 6.30. The van der Waals surface area contributed by atoms with Gasteiger partial charge in [-0.15, -0.1) is 10.2 Å². The lowest BCUT2D eigenvalue weighted by Gasteiger charge is -2.15. The Morgan fingerprint density at radius 2 is 1.76 bits per heavy atom.